The van der Waals surface area contributed by atoms with Crippen LogP contribution in [0.4, 0.5) is 0 Å². The summed E-state index contributed by atoms with van der Waals surface area (Å²) in [4.78, 5) is 15.3. The van der Waals surface area contributed by atoms with Gasteiger partial charge in [0.25, 0.3) is 10.2 Å². The van der Waals surface area contributed by atoms with Crippen LogP contribution in [0, 0.1) is 0 Å². The topological polar surface area (TPSA) is 82.6 Å². The molecule has 1 aromatic rings. The molecule has 0 saturated carbocycles. The first-order chi connectivity index (χ1) is 11.5. The molecule has 2 saturated heterocycles. The van der Waals surface area contributed by atoms with Crippen LogP contribution in [-0.2, 0) is 21.5 Å². The van der Waals surface area contributed by atoms with Gasteiger partial charge in [0.05, 0.1) is 18.3 Å². The summed E-state index contributed by atoms with van der Waals surface area (Å²) < 4.78 is 29.0. The first-order valence-corrected chi connectivity index (χ1v) is 9.84. The third kappa shape index (κ3) is 3.60. The van der Waals surface area contributed by atoms with Crippen molar-refractivity contribution in [3.8, 4) is 0 Å². The lowest BCUT2D eigenvalue weighted by Crippen LogP contribution is -2.42. The van der Waals surface area contributed by atoms with Crippen molar-refractivity contribution in [3.63, 3.8) is 0 Å². The maximum absolute atomic E-state index is 12.9. The van der Waals surface area contributed by atoms with E-state index in [9.17, 15) is 13.2 Å². The summed E-state index contributed by atoms with van der Waals surface area (Å²) in [5.41, 5.74) is 1.69. The van der Waals surface area contributed by atoms with E-state index in [4.69, 9.17) is 0 Å². The molecular formula is C16H24N4O3S. The second-order valence-electron chi connectivity index (χ2n) is 6.37. The Morgan fingerprint density at radius 1 is 1.29 bits per heavy atom. The lowest BCUT2D eigenvalue weighted by Gasteiger charge is -2.28. The second-order valence-corrected chi connectivity index (χ2v) is 8.25. The summed E-state index contributed by atoms with van der Waals surface area (Å²) >= 11 is 0. The van der Waals surface area contributed by atoms with E-state index in [1.807, 2.05) is 12.1 Å². The fourth-order valence-electron chi connectivity index (χ4n) is 3.43. The minimum atomic E-state index is -3.40. The van der Waals surface area contributed by atoms with Crippen molar-refractivity contribution in [1.82, 2.24) is 18.9 Å². The summed E-state index contributed by atoms with van der Waals surface area (Å²) in [5.74, 6) is -0.110. The lowest BCUT2D eigenvalue weighted by atomic mass is 10.1. The summed E-state index contributed by atoms with van der Waals surface area (Å²) in [6, 6.07) is 3.63. The SMILES string of the molecule is CC(=O)NCc1cc([C@H]2CCCN2S(=O)(=O)N2CCCC2)ccn1. The molecule has 3 heterocycles. The average Bonchev–Trinajstić information content (AvgIpc) is 3.24. The van der Waals surface area contributed by atoms with Gasteiger partial charge in [-0.3, -0.25) is 9.78 Å². The number of carbonyl (C=O) groups is 1. The quantitative estimate of drug-likeness (QED) is 0.863. The number of rotatable bonds is 5. The number of hydrogen-bond acceptors (Lipinski definition) is 4. The molecule has 2 fully saturated rings. The second kappa shape index (κ2) is 7.16. The Bertz CT molecular complexity index is 701. The van der Waals surface area contributed by atoms with Crippen molar-refractivity contribution < 1.29 is 13.2 Å². The number of nitrogens with zero attached hydrogens (tertiary/aromatic N) is 3. The maximum Gasteiger partial charge on any atom is 0.282 e. The molecular weight excluding hydrogens is 328 g/mol. The molecule has 0 radical (unpaired) electrons. The lowest BCUT2D eigenvalue weighted by molar-refractivity contribution is -0.119. The largest absolute Gasteiger partial charge is 0.351 e. The van der Waals surface area contributed by atoms with Crippen LogP contribution in [0.3, 0.4) is 0 Å². The molecule has 2 aliphatic rings. The third-order valence-corrected chi connectivity index (χ3v) is 6.68. The van der Waals surface area contributed by atoms with Crippen LogP contribution in [0.25, 0.3) is 0 Å². The zero-order valence-electron chi connectivity index (χ0n) is 13.9. The Morgan fingerprint density at radius 2 is 2.04 bits per heavy atom. The highest BCUT2D eigenvalue weighted by atomic mass is 32.2. The normalized spacial score (nSPS) is 22.8. The van der Waals surface area contributed by atoms with Crippen LogP contribution >= 0.6 is 0 Å². The standard InChI is InChI=1S/C16H24N4O3S/c1-13(21)18-12-15-11-14(6-7-17-15)16-5-4-10-20(16)24(22,23)19-8-2-3-9-19/h6-7,11,16H,2-5,8-10,12H2,1H3,(H,18,21)/t16-/m1/s1. The van der Waals surface area contributed by atoms with Gasteiger partial charge in [-0.15, -0.1) is 0 Å². The zero-order chi connectivity index (χ0) is 17.2. The van der Waals surface area contributed by atoms with Crippen LogP contribution in [0.15, 0.2) is 18.3 Å². The Labute approximate surface area is 143 Å². The Balaban J connectivity index is 1.80. The highest BCUT2D eigenvalue weighted by Crippen LogP contribution is 2.36. The molecule has 7 nitrogen and oxygen atoms in total. The number of hydrogen-bond donors (Lipinski definition) is 1. The Kier molecular flexibility index (Phi) is 5.17. The molecule has 1 aromatic heterocycles. The van der Waals surface area contributed by atoms with Gasteiger partial charge in [0.1, 0.15) is 0 Å². The van der Waals surface area contributed by atoms with Crippen LogP contribution in [0.2, 0.25) is 0 Å². The van der Waals surface area contributed by atoms with Crippen molar-refractivity contribution >= 4 is 16.1 Å². The highest BCUT2D eigenvalue weighted by Gasteiger charge is 2.39. The molecule has 3 rings (SSSR count). The van der Waals surface area contributed by atoms with Crippen LogP contribution in [0.5, 0.6) is 0 Å². The smallest absolute Gasteiger partial charge is 0.282 e. The summed E-state index contributed by atoms with van der Waals surface area (Å²) in [7, 11) is -3.40. The van der Waals surface area contributed by atoms with Crippen LogP contribution < -0.4 is 5.32 Å². The van der Waals surface area contributed by atoms with Gasteiger partial charge in [-0.25, -0.2) is 0 Å². The van der Waals surface area contributed by atoms with E-state index in [1.165, 1.54) is 6.92 Å². The van der Waals surface area contributed by atoms with E-state index in [1.54, 1.807) is 14.8 Å². The van der Waals surface area contributed by atoms with Gasteiger partial charge in [0.15, 0.2) is 0 Å². The van der Waals surface area contributed by atoms with Crippen molar-refractivity contribution in [3.05, 3.63) is 29.6 Å². The van der Waals surface area contributed by atoms with Crippen LogP contribution in [-0.4, -0.2) is 47.6 Å². The monoisotopic (exact) mass is 352 g/mol. The van der Waals surface area contributed by atoms with Gasteiger partial charge in [-0.05, 0) is 43.4 Å². The van der Waals surface area contributed by atoms with Crippen molar-refractivity contribution in [2.75, 3.05) is 19.6 Å². The molecule has 1 amide bonds. The molecule has 132 valence electrons. The molecule has 0 spiro atoms. The third-order valence-electron chi connectivity index (χ3n) is 4.64. The maximum atomic E-state index is 12.9. The minimum absolute atomic E-state index is 0.110. The van der Waals surface area contributed by atoms with E-state index >= 15 is 0 Å². The number of carbonyl (C=O) groups excluding carboxylic acids is 1. The summed E-state index contributed by atoms with van der Waals surface area (Å²) in [5, 5.41) is 2.72. The Morgan fingerprint density at radius 3 is 2.75 bits per heavy atom. The molecule has 0 bridgehead atoms. The molecule has 2 aliphatic heterocycles. The van der Waals surface area contributed by atoms with E-state index in [0.29, 0.717) is 26.2 Å². The molecule has 1 atom stereocenters. The number of nitrogens with one attached hydrogen (secondary N) is 1. The fraction of sp³-hybridized carbons (Fsp3) is 0.625. The number of pyridine rings is 1. The average molecular weight is 352 g/mol. The summed E-state index contributed by atoms with van der Waals surface area (Å²) in [6.07, 6.45) is 5.24. The minimum Gasteiger partial charge on any atom is -0.351 e. The van der Waals surface area contributed by atoms with Gasteiger partial charge >= 0.3 is 0 Å². The van der Waals surface area contributed by atoms with E-state index in [2.05, 4.69) is 10.3 Å². The molecule has 24 heavy (non-hydrogen) atoms. The zero-order valence-corrected chi connectivity index (χ0v) is 14.8. The van der Waals surface area contributed by atoms with Gasteiger partial charge in [0.2, 0.25) is 5.91 Å². The van der Waals surface area contributed by atoms with E-state index < -0.39 is 10.2 Å². The van der Waals surface area contributed by atoms with Crippen molar-refractivity contribution in [1.29, 1.82) is 0 Å². The predicted octanol–water partition coefficient (Wildman–Crippen LogP) is 1.20. The van der Waals surface area contributed by atoms with Gasteiger partial charge in [-0.1, -0.05) is 0 Å². The van der Waals surface area contributed by atoms with Gasteiger partial charge < -0.3 is 5.32 Å². The molecule has 0 unspecified atom stereocenters. The predicted molar refractivity (Wildman–Crippen MR) is 90.2 cm³/mol. The number of amides is 1. The van der Waals surface area contributed by atoms with E-state index in [-0.39, 0.29) is 11.9 Å². The molecule has 8 heteroatoms. The summed E-state index contributed by atoms with van der Waals surface area (Å²) in [6.45, 7) is 3.62. The van der Waals surface area contributed by atoms with Gasteiger partial charge in [-0.2, -0.15) is 17.0 Å². The first kappa shape index (κ1) is 17.3. The number of aromatic nitrogens is 1. The fourth-order valence-corrected chi connectivity index (χ4v) is 5.36. The van der Waals surface area contributed by atoms with Gasteiger partial charge in [0, 0.05) is 32.8 Å². The molecule has 1 N–H and O–H groups in total. The van der Waals surface area contributed by atoms with E-state index in [0.717, 1.165) is 36.9 Å². The van der Waals surface area contributed by atoms with Crippen molar-refractivity contribution in [2.45, 2.75) is 45.2 Å². The Hall–Kier alpha value is -1.51. The van der Waals surface area contributed by atoms with Crippen molar-refractivity contribution in [2.24, 2.45) is 0 Å². The van der Waals surface area contributed by atoms with Crippen LogP contribution in [0.1, 0.15) is 49.9 Å². The molecule has 0 aromatic carbocycles. The molecule has 0 aliphatic carbocycles. The highest BCUT2D eigenvalue weighted by molar-refractivity contribution is 7.86. The first-order valence-electron chi connectivity index (χ1n) is 8.44.